The van der Waals surface area contributed by atoms with Gasteiger partial charge < -0.3 is 10.6 Å². The predicted octanol–water partition coefficient (Wildman–Crippen LogP) is 3.16. The van der Waals surface area contributed by atoms with Gasteiger partial charge in [-0.15, -0.1) is 0 Å². The fraction of sp³-hybridized carbons (Fsp3) is 0. The molecule has 0 saturated heterocycles. The molecule has 0 atom stereocenters. The standard InChI is InChI=1S/C14H11ClN2O2/c15-11-4-6-12(7-5-11)17-14(19)10-2-1-3-13(8-10)16-9-18/h1-9H,(H,16,18)(H,17,19). The molecule has 2 N–H and O–H groups in total. The van der Waals surface area contributed by atoms with E-state index in [1.165, 1.54) is 0 Å². The van der Waals surface area contributed by atoms with Crippen LogP contribution in [0.15, 0.2) is 48.5 Å². The topological polar surface area (TPSA) is 58.2 Å². The minimum Gasteiger partial charge on any atom is -0.329 e. The largest absolute Gasteiger partial charge is 0.329 e. The van der Waals surface area contributed by atoms with Crippen molar-refractivity contribution in [2.75, 3.05) is 10.6 Å². The van der Waals surface area contributed by atoms with E-state index in [0.717, 1.165) is 0 Å². The van der Waals surface area contributed by atoms with E-state index in [1.807, 2.05) is 0 Å². The lowest BCUT2D eigenvalue weighted by Crippen LogP contribution is -2.12. The number of anilines is 2. The highest BCUT2D eigenvalue weighted by Crippen LogP contribution is 2.15. The Morgan fingerprint density at radius 1 is 1.05 bits per heavy atom. The van der Waals surface area contributed by atoms with E-state index in [9.17, 15) is 9.59 Å². The van der Waals surface area contributed by atoms with E-state index in [-0.39, 0.29) is 5.91 Å². The van der Waals surface area contributed by atoms with Crippen molar-refractivity contribution >= 4 is 35.3 Å². The van der Waals surface area contributed by atoms with Gasteiger partial charge in [-0.05, 0) is 42.5 Å². The number of halogens is 1. The molecule has 0 spiro atoms. The molecule has 0 radical (unpaired) electrons. The summed E-state index contributed by atoms with van der Waals surface area (Å²) in [7, 11) is 0. The van der Waals surface area contributed by atoms with E-state index in [4.69, 9.17) is 11.6 Å². The minimum absolute atomic E-state index is 0.253. The first-order valence-corrected chi connectivity index (χ1v) is 5.94. The lowest BCUT2D eigenvalue weighted by Gasteiger charge is -2.06. The van der Waals surface area contributed by atoms with Gasteiger partial charge in [0.2, 0.25) is 6.41 Å². The van der Waals surface area contributed by atoms with Crippen LogP contribution >= 0.6 is 11.6 Å². The quantitative estimate of drug-likeness (QED) is 0.842. The van der Waals surface area contributed by atoms with Gasteiger partial charge in [0.1, 0.15) is 0 Å². The van der Waals surface area contributed by atoms with E-state index in [1.54, 1.807) is 48.5 Å². The SMILES string of the molecule is O=CNc1cccc(C(=O)Nc2ccc(Cl)cc2)c1. The van der Waals surface area contributed by atoms with Crippen molar-refractivity contribution in [3.8, 4) is 0 Å². The Morgan fingerprint density at radius 3 is 2.47 bits per heavy atom. The molecule has 0 aromatic heterocycles. The molecule has 2 amide bonds. The molecule has 0 unspecified atom stereocenters. The zero-order chi connectivity index (χ0) is 13.7. The summed E-state index contributed by atoms with van der Waals surface area (Å²) >= 11 is 5.77. The van der Waals surface area contributed by atoms with Crippen LogP contribution < -0.4 is 10.6 Å². The number of rotatable bonds is 4. The molecule has 0 fully saturated rings. The summed E-state index contributed by atoms with van der Waals surface area (Å²) in [6.07, 6.45) is 0.566. The first-order valence-electron chi connectivity index (χ1n) is 5.56. The van der Waals surface area contributed by atoms with Gasteiger partial charge in [-0.1, -0.05) is 17.7 Å². The molecule has 96 valence electrons. The van der Waals surface area contributed by atoms with E-state index >= 15 is 0 Å². The second kappa shape index (κ2) is 6.02. The Morgan fingerprint density at radius 2 is 1.79 bits per heavy atom. The van der Waals surface area contributed by atoms with Gasteiger partial charge >= 0.3 is 0 Å². The van der Waals surface area contributed by atoms with Crippen molar-refractivity contribution < 1.29 is 9.59 Å². The first-order chi connectivity index (χ1) is 9.19. The number of carbonyl (C=O) groups excluding carboxylic acids is 2. The molecule has 2 aromatic carbocycles. The zero-order valence-electron chi connectivity index (χ0n) is 9.89. The summed E-state index contributed by atoms with van der Waals surface area (Å²) in [5.41, 5.74) is 1.68. The highest BCUT2D eigenvalue weighted by Gasteiger charge is 2.06. The van der Waals surface area contributed by atoms with Gasteiger partial charge in [0.05, 0.1) is 0 Å². The third-order valence-corrected chi connectivity index (χ3v) is 2.70. The van der Waals surface area contributed by atoms with Crippen molar-refractivity contribution in [1.82, 2.24) is 0 Å². The fourth-order valence-electron chi connectivity index (χ4n) is 1.55. The number of benzene rings is 2. The van der Waals surface area contributed by atoms with E-state index in [2.05, 4.69) is 10.6 Å². The van der Waals surface area contributed by atoms with Crippen molar-refractivity contribution in [1.29, 1.82) is 0 Å². The lowest BCUT2D eigenvalue weighted by molar-refractivity contribution is -0.105. The van der Waals surface area contributed by atoms with Crippen molar-refractivity contribution in [3.63, 3.8) is 0 Å². The third-order valence-electron chi connectivity index (χ3n) is 2.45. The molecule has 4 nitrogen and oxygen atoms in total. The molecular weight excluding hydrogens is 264 g/mol. The van der Waals surface area contributed by atoms with Crippen LogP contribution in [0.1, 0.15) is 10.4 Å². The van der Waals surface area contributed by atoms with Crippen molar-refractivity contribution in [2.45, 2.75) is 0 Å². The van der Waals surface area contributed by atoms with Crippen LogP contribution in [0, 0.1) is 0 Å². The van der Waals surface area contributed by atoms with Gasteiger partial charge in [-0.3, -0.25) is 9.59 Å². The number of carbonyl (C=O) groups is 2. The summed E-state index contributed by atoms with van der Waals surface area (Å²) in [5, 5.41) is 5.84. The maximum absolute atomic E-state index is 12.0. The fourth-order valence-corrected chi connectivity index (χ4v) is 1.68. The summed E-state index contributed by atoms with van der Waals surface area (Å²) < 4.78 is 0. The second-order valence-electron chi connectivity index (χ2n) is 3.80. The van der Waals surface area contributed by atoms with Crippen LogP contribution in [0.4, 0.5) is 11.4 Å². The number of amides is 2. The molecule has 0 saturated carbocycles. The summed E-state index contributed by atoms with van der Waals surface area (Å²) in [4.78, 5) is 22.3. The summed E-state index contributed by atoms with van der Waals surface area (Å²) in [6, 6.07) is 13.5. The van der Waals surface area contributed by atoms with E-state index < -0.39 is 0 Å². The van der Waals surface area contributed by atoms with E-state index in [0.29, 0.717) is 28.4 Å². The Bertz CT molecular complexity index is 597. The van der Waals surface area contributed by atoms with Crippen LogP contribution in [-0.4, -0.2) is 12.3 Å². The highest BCUT2D eigenvalue weighted by molar-refractivity contribution is 6.30. The molecule has 0 aliphatic carbocycles. The van der Waals surface area contributed by atoms with Gasteiger partial charge in [0, 0.05) is 22.0 Å². The molecule has 0 aliphatic heterocycles. The molecular formula is C14H11ClN2O2. The molecule has 0 heterocycles. The minimum atomic E-state index is -0.253. The normalized spacial score (nSPS) is 9.74. The zero-order valence-corrected chi connectivity index (χ0v) is 10.6. The van der Waals surface area contributed by atoms with Crippen LogP contribution in [0.25, 0.3) is 0 Å². The van der Waals surface area contributed by atoms with Crippen molar-refractivity contribution in [3.05, 3.63) is 59.1 Å². The van der Waals surface area contributed by atoms with Gasteiger partial charge in [-0.2, -0.15) is 0 Å². The summed E-state index contributed by atoms with van der Waals surface area (Å²) in [5.74, 6) is -0.253. The van der Waals surface area contributed by atoms with Crippen LogP contribution in [0.2, 0.25) is 5.02 Å². The second-order valence-corrected chi connectivity index (χ2v) is 4.24. The molecule has 0 aliphatic rings. The number of hydrogen-bond acceptors (Lipinski definition) is 2. The molecule has 2 rings (SSSR count). The predicted molar refractivity (Wildman–Crippen MR) is 75.5 cm³/mol. The molecule has 5 heteroatoms. The Kier molecular flexibility index (Phi) is 4.15. The Hall–Kier alpha value is -2.33. The van der Waals surface area contributed by atoms with Gasteiger partial charge in [0.15, 0.2) is 0 Å². The van der Waals surface area contributed by atoms with Gasteiger partial charge in [0.25, 0.3) is 5.91 Å². The van der Waals surface area contributed by atoms with Crippen LogP contribution in [0.3, 0.4) is 0 Å². The monoisotopic (exact) mass is 274 g/mol. The van der Waals surface area contributed by atoms with Crippen LogP contribution in [0.5, 0.6) is 0 Å². The average Bonchev–Trinajstić information content (AvgIpc) is 2.42. The summed E-state index contributed by atoms with van der Waals surface area (Å²) in [6.45, 7) is 0. The maximum Gasteiger partial charge on any atom is 0.255 e. The van der Waals surface area contributed by atoms with Crippen molar-refractivity contribution in [2.24, 2.45) is 0 Å². The highest BCUT2D eigenvalue weighted by atomic mass is 35.5. The van der Waals surface area contributed by atoms with Crippen LogP contribution in [-0.2, 0) is 4.79 Å². The number of hydrogen-bond donors (Lipinski definition) is 2. The van der Waals surface area contributed by atoms with Gasteiger partial charge in [-0.25, -0.2) is 0 Å². The molecule has 19 heavy (non-hydrogen) atoms. The Balaban J connectivity index is 2.13. The molecule has 2 aromatic rings. The average molecular weight is 275 g/mol. The molecule has 0 bridgehead atoms. The third kappa shape index (κ3) is 3.56. The first kappa shape index (κ1) is 13.1. The maximum atomic E-state index is 12.0. The Labute approximate surface area is 115 Å². The number of nitrogens with one attached hydrogen (secondary N) is 2. The lowest BCUT2D eigenvalue weighted by atomic mass is 10.2. The smallest absolute Gasteiger partial charge is 0.255 e.